The summed E-state index contributed by atoms with van der Waals surface area (Å²) in [5.41, 5.74) is -6.29. The molecule has 6 nitrogen and oxygen atoms in total. The van der Waals surface area contributed by atoms with Crippen molar-refractivity contribution in [3.8, 4) is 0 Å². The number of halogens is 8. The first kappa shape index (κ1) is 46.5. The first-order chi connectivity index (χ1) is 21.2. The largest absolute Gasteiger partial charge is 0.741 e. The minimum Gasteiger partial charge on any atom is -0.741 e. The van der Waals surface area contributed by atoms with Crippen molar-refractivity contribution in [3.05, 3.63) is 100 Å². The fourth-order valence-electron chi connectivity index (χ4n) is 3.11. The molecule has 0 aliphatic carbocycles. The van der Waals surface area contributed by atoms with Gasteiger partial charge in [-0.15, -0.1) is 0 Å². The molecule has 0 amide bonds. The van der Waals surface area contributed by atoms with Gasteiger partial charge in [-0.1, -0.05) is 98.7 Å². The average molecular weight is 953 g/mol. The second-order valence-corrected chi connectivity index (χ2v) is 20.3. The third-order valence-electron chi connectivity index (χ3n) is 5.93. The van der Waals surface area contributed by atoms with Crippen molar-refractivity contribution in [1.29, 1.82) is 0 Å². The predicted molar refractivity (Wildman–Crippen MR) is 164 cm³/mol. The fraction of sp³-hybridized carbons (Fsp3) is 0.438. The van der Waals surface area contributed by atoms with E-state index in [1.807, 2.05) is 22.6 Å². The van der Waals surface area contributed by atoms with E-state index in [0.717, 1.165) is 0 Å². The number of rotatable bonds is 2. The van der Waals surface area contributed by atoms with Crippen molar-refractivity contribution in [2.75, 3.05) is 0 Å². The van der Waals surface area contributed by atoms with Gasteiger partial charge >= 0.3 is 32.2 Å². The van der Waals surface area contributed by atoms with Crippen molar-refractivity contribution < 1.29 is 96.1 Å². The quantitative estimate of drug-likeness (QED) is 0.168. The average Bonchev–Trinajstić information content (AvgIpc) is 2.87. The molecular formula is C32H40F6I2O6S2. The van der Waals surface area contributed by atoms with Gasteiger partial charge in [-0.25, -0.2) is 16.8 Å². The van der Waals surface area contributed by atoms with E-state index in [-0.39, 0.29) is 37.5 Å². The van der Waals surface area contributed by atoms with Crippen LogP contribution in [0.25, 0.3) is 0 Å². The van der Waals surface area contributed by atoms with Crippen molar-refractivity contribution in [2.24, 2.45) is 0 Å². The van der Waals surface area contributed by atoms with Gasteiger partial charge in [-0.2, -0.15) is 26.3 Å². The summed E-state index contributed by atoms with van der Waals surface area (Å²) in [7, 11) is -12.2. The molecule has 16 heteroatoms. The minimum absolute atomic E-state index is 0.0703. The number of benzene rings is 3. The monoisotopic (exact) mass is 952 g/mol. The Morgan fingerprint density at radius 2 is 0.667 bits per heavy atom. The zero-order chi connectivity index (χ0) is 38.2. The highest BCUT2D eigenvalue weighted by Crippen LogP contribution is 2.23. The van der Waals surface area contributed by atoms with Crippen LogP contribution in [0.15, 0.2) is 72.8 Å². The smallest absolute Gasteiger partial charge is 0.485 e. The maximum Gasteiger partial charge on any atom is 0.485 e. The topological polar surface area (TPSA) is 114 Å². The normalized spacial score (nSPS) is 12.8. The fourth-order valence-corrected chi connectivity index (χ4v) is 5.65. The molecule has 0 N–H and O–H groups in total. The maximum atomic E-state index is 10.7. The molecule has 0 aliphatic heterocycles. The number of hydrogen-bond donors (Lipinski definition) is 0. The first-order valence-electron chi connectivity index (χ1n) is 13.8. The molecule has 0 unspecified atom stereocenters. The van der Waals surface area contributed by atoms with Crippen LogP contribution in [0.4, 0.5) is 26.3 Å². The molecule has 0 heterocycles. The zero-order valence-electron chi connectivity index (χ0n) is 27.7. The lowest BCUT2D eigenvalue weighted by atomic mass is 9.87. The van der Waals surface area contributed by atoms with E-state index in [4.69, 9.17) is 25.9 Å². The van der Waals surface area contributed by atoms with Gasteiger partial charge < -0.3 is 9.11 Å². The van der Waals surface area contributed by atoms with Gasteiger partial charge in [0.2, 0.25) is 0 Å². The SMILES string of the molecule is CC(C)(C)c1ccc([I+]c2ccc(C(C)(C)C)cc2)cc1.CC(C)(C)c1ccc([IH+])cc1.O=S(=O)([O-])C(F)(F)F.O=S(=O)([O-])C(F)(F)F. The minimum atomic E-state index is -6.09. The molecule has 0 fully saturated rings. The van der Waals surface area contributed by atoms with E-state index in [1.165, 1.54) is 27.4 Å². The standard InChI is InChI=1S/C20H26I.C10H14I.2CHF3O3S/c1-19(2,3)15-7-11-17(12-8-15)21-18-13-9-16(10-14-18)20(4,5)6;1-10(2,3)8-4-6-9(11)7-5-8;2*2-1(3,4)8(5,6)7/h7-14H,1-6H3;4-7,11H,1-3H3;2*(H,5,6,7)/q2*+1;;/p-2. The summed E-state index contributed by atoms with van der Waals surface area (Å²) in [5, 5.41) is 0. The van der Waals surface area contributed by atoms with Gasteiger partial charge in [0.25, 0.3) is 22.6 Å². The Kier molecular flexibility index (Phi) is 17.1. The Balaban J connectivity index is 0.000000687. The molecule has 0 bridgehead atoms. The van der Waals surface area contributed by atoms with Crippen molar-refractivity contribution in [3.63, 3.8) is 0 Å². The maximum absolute atomic E-state index is 10.7. The Bertz CT molecular complexity index is 1540. The second kappa shape index (κ2) is 17.6. The molecule has 0 aliphatic rings. The summed E-state index contributed by atoms with van der Waals surface area (Å²) >= 11 is 1.98. The lowest BCUT2D eigenvalue weighted by Crippen LogP contribution is -3.61. The zero-order valence-corrected chi connectivity index (χ0v) is 33.9. The molecule has 0 spiro atoms. The number of alkyl halides is 6. The first-order valence-corrected chi connectivity index (χ1v) is 20.0. The summed E-state index contributed by atoms with van der Waals surface area (Å²) in [4.78, 5) is 0. The second-order valence-electron chi connectivity index (χ2n) is 13.2. The highest BCUT2D eigenvalue weighted by Gasteiger charge is 2.37. The van der Waals surface area contributed by atoms with Crippen LogP contribution in [0, 0.1) is 10.7 Å². The number of hydrogen-bond acceptors (Lipinski definition) is 6. The molecule has 0 atom stereocenters. The molecular weight excluding hydrogens is 912 g/mol. The molecule has 0 aromatic heterocycles. The molecule has 3 rings (SSSR count). The molecule has 0 saturated carbocycles. The lowest BCUT2D eigenvalue weighted by molar-refractivity contribution is -0.597. The summed E-state index contributed by atoms with van der Waals surface area (Å²) in [6.07, 6.45) is 0. The van der Waals surface area contributed by atoms with Gasteiger partial charge in [0.15, 0.2) is 30.9 Å². The van der Waals surface area contributed by atoms with E-state index < -0.39 is 31.3 Å². The molecule has 0 saturated heterocycles. The van der Waals surface area contributed by atoms with Crippen molar-refractivity contribution >= 4 is 20.2 Å². The predicted octanol–water partition coefficient (Wildman–Crippen LogP) is 1.95. The molecule has 272 valence electrons. The Hall–Kier alpha value is -1.48. The van der Waals surface area contributed by atoms with E-state index >= 15 is 0 Å². The highest BCUT2D eigenvalue weighted by molar-refractivity contribution is 7.86. The van der Waals surface area contributed by atoms with Crippen molar-refractivity contribution in [1.82, 2.24) is 0 Å². The van der Waals surface area contributed by atoms with E-state index in [0.29, 0.717) is 0 Å². The van der Waals surface area contributed by atoms with Crippen LogP contribution in [0.1, 0.15) is 79.0 Å². The van der Waals surface area contributed by atoms with Crippen LogP contribution in [-0.4, -0.2) is 37.0 Å². The summed E-state index contributed by atoms with van der Waals surface area (Å²) in [6, 6.07) is 27.2. The van der Waals surface area contributed by atoms with Gasteiger partial charge in [0.05, 0.1) is 0 Å². The lowest BCUT2D eigenvalue weighted by Gasteiger charge is -2.18. The Labute approximate surface area is 304 Å². The molecule has 3 aromatic carbocycles. The van der Waals surface area contributed by atoms with Crippen LogP contribution in [0.2, 0.25) is 0 Å². The van der Waals surface area contributed by atoms with Crippen LogP contribution in [-0.2, 0) is 36.5 Å². The summed E-state index contributed by atoms with van der Waals surface area (Å²) in [6.45, 7) is 20.3. The van der Waals surface area contributed by atoms with E-state index in [1.54, 1.807) is 0 Å². The van der Waals surface area contributed by atoms with Gasteiger partial charge in [0.1, 0.15) is 0 Å². The Morgan fingerprint density at radius 3 is 0.833 bits per heavy atom. The van der Waals surface area contributed by atoms with Crippen LogP contribution < -0.4 is 43.8 Å². The molecule has 0 radical (unpaired) electrons. The van der Waals surface area contributed by atoms with Crippen molar-refractivity contribution in [2.45, 2.75) is 89.6 Å². The van der Waals surface area contributed by atoms with Gasteiger partial charge in [-0.05, 0) is 69.3 Å². The van der Waals surface area contributed by atoms with Crippen LogP contribution in [0.3, 0.4) is 0 Å². The third kappa shape index (κ3) is 18.0. The highest BCUT2D eigenvalue weighted by atomic mass is 127. The van der Waals surface area contributed by atoms with E-state index in [9.17, 15) is 26.3 Å². The molecule has 3 aromatic rings. The Morgan fingerprint density at radius 1 is 0.479 bits per heavy atom. The van der Waals surface area contributed by atoms with E-state index in [2.05, 4.69) is 135 Å². The van der Waals surface area contributed by atoms with Gasteiger partial charge in [-0.3, -0.25) is 0 Å². The molecule has 48 heavy (non-hydrogen) atoms. The third-order valence-corrected chi connectivity index (χ3v) is 10.5. The van der Waals surface area contributed by atoms with Gasteiger partial charge in [0, 0.05) is 0 Å². The summed E-state index contributed by atoms with van der Waals surface area (Å²) < 4.78 is 122. The summed E-state index contributed by atoms with van der Waals surface area (Å²) in [5.74, 6) is 0. The van der Waals surface area contributed by atoms with Crippen LogP contribution >= 0.6 is 0 Å². The van der Waals surface area contributed by atoms with Crippen LogP contribution in [0.5, 0.6) is 0 Å².